The molecular formula is C106H142Ir5N5O10-5. The maximum Gasteiger partial charge on any atom is 0.0536 e. The van der Waals surface area contributed by atoms with E-state index in [0.29, 0.717) is 38.0 Å². The van der Waals surface area contributed by atoms with Gasteiger partial charge in [-0.3, -0.25) is 30.4 Å². The molecule has 11 unspecified atom stereocenters. The van der Waals surface area contributed by atoms with E-state index in [1.54, 1.807) is 69.2 Å². The number of pyridine rings is 5. The molecule has 0 aliphatic heterocycles. The van der Waals surface area contributed by atoms with E-state index in [1.165, 1.54) is 147 Å². The monoisotopic (exact) mass is 2610 g/mol. The van der Waals surface area contributed by atoms with Gasteiger partial charge in [0.25, 0.3) is 0 Å². The number of aliphatic hydroxyl groups excluding tert-OH is 10. The Labute approximate surface area is 821 Å². The number of fused-ring (bicyclic) bond motifs is 5. The Bertz CT molecular complexity index is 4680. The van der Waals surface area contributed by atoms with E-state index in [2.05, 4.69) is 218 Å². The van der Waals surface area contributed by atoms with E-state index in [0.717, 1.165) is 114 Å². The number of hydrogen-bond acceptors (Lipinski definition) is 15. The van der Waals surface area contributed by atoms with Crippen LogP contribution in [0.15, 0.2) is 152 Å². The van der Waals surface area contributed by atoms with Crippen LogP contribution in [-0.2, 0) is 101 Å². The number of aryl methyl sites for hydroxylation is 5. The van der Waals surface area contributed by atoms with Crippen molar-refractivity contribution >= 4 is 82.4 Å². The van der Waals surface area contributed by atoms with Crippen molar-refractivity contribution in [1.29, 1.82) is 0 Å². The van der Waals surface area contributed by atoms with Crippen molar-refractivity contribution in [2.24, 2.45) is 5.92 Å². The zero-order valence-electron chi connectivity index (χ0n) is 77.1. The predicted molar refractivity (Wildman–Crippen MR) is 502 cm³/mol. The molecule has 126 heavy (non-hydrogen) atoms. The summed E-state index contributed by atoms with van der Waals surface area (Å²) in [7, 11) is 0. The smallest absolute Gasteiger partial charge is 0.0536 e. The Morgan fingerprint density at radius 1 is 0.278 bits per heavy atom. The summed E-state index contributed by atoms with van der Waals surface area (Å²) in [5, 5.41) is 91.9. The van der Waals surface area contributed by atoms with Crippen LogP contribution in [0.3, 0.4) is 0 Å². The van der Waals surface area contributed by atoms with Gasteiger partial charge in [-0.25, -0.2) is 0 Å². The van der Waals surface area contributed by atoms with E-state index >= 15 is 0 Å². The fourth-order valence-corrected chi connectivity index (χ4v) is 15.1. The Morgan fingerprint density at radius 3 is 0.889 bits per heavy atom. The van der Waals surface area contributed by atoms with Gasteiger partial charge in [-0.05, 0) is 185 Å². The minimum atomic E-state index is -0.375. The molecule has 5 aromatic carbocycles. The molecule has 11 atom stereocenters. The van der Waals surface area contributed by atoms with Crippen LogP contribution < -0.4 is 0 Å². The van der Waals surface area contributed by atoms with Crippen LogP contribution in [0.1, 0.15) is 287 Å². The Morgan fingerprint density at radius 2 is 0.563 bits per heavy atom. The van der Waals surface area contributed by atoms with Crippen molar-refractivity contribution in [3.63, 3.8) is 0 Å². The third kappa shape index (κ3) is 44.7. The van der Waals surface area contributed by atoms with Gasteiger partial charge in [0.2, 0.25) is 0 Å². The van der Waals surface area contributed by atoms with Crippen LogP contribution in [0.5, 0.6) is 0 Å². The topological polar surface area (TPSA) is 267 Å². The van der Waals surface area contributed by atoms with E-state index in [1.807, 2.05) is 6.07 Å². The number of rotatable bonds is 15. The summed E-state index contributed by atoms with van der Waals surface area (Å²) in [4.78, 5) is 23.9. The van der Waals surface area contributed by atoms with Crippen molar-refractivity contribution in [1.82, 2.24) is 24.9 Å². The second-order valence-corrected chi connectivity index (χ2v) is 33.7. The van der Waals surface area contributed by atoms with Gasteiger partial charge in [0.05, 0.1) is 61.0 Å². The predicted octanol–water partition coefficient (Wildman–Crippen LogP) is 22.4. The molecule has 5 aromatic heterocycles. The Balaban J connectivity index is 0.000000715. The van der Waals surface area contributed by atoms with Gasteiger partial charge >= 0.3 is 0 Å². The van der Waals surface area contributed by atoms with E-state index in [-0.39, 0.29) is 162 Å². The molecule has 15 nitrogen and oxygen atoms in total. The summed E-state index contributed by atoms with van der Waals surface area (Å²) in [5.41, 5.74) is 24.2. The molecule has 20 heteroatoms. The van der Waals surface area contributed by atoms with Gasteiger partial charge in [0, 0.05) is 128 Å². The fraction of sp³-hybridized carbons (Fsp3) is 0.481. The number of hydrogen-bond donors (Lipinski definition) is 10. The standard InChI is InChI=1S/C17H18N.4C16H16N.5C5H12O2.5Ir/c1-12-6-5-8-15(10-12)17-13(2)11-14-7-3-4-9-16(14)18-17;1-12-6-5-9-16-14(12)10-11-15(17-16)13-7-3-2-4-8-13;2*1-12-11-16(13-7-3-2-4-8-13)17-15-10-6-5-9-14(12)15;1-12-11-14-9-5-6-10-15(14)17-16(12)13-7-3-2-4-8-13;5*1-4(6)3-5(2)7;;;;;/h3-4,7,9,11-12H,5-6,8H2,1-2H3;4*5-6,9-11H,2-4,7H2,1H3;5*4-7H,3H2,1-2H3;;;;;/q5*-1;;;;;;;;;;. The normalized spacial score (nSPS) is 16.7. The maximum absolute atomic E-state index is 8.56. The third-order valence-corrected chi connectivity index (χ3v) is 20.8. The SMILES string of the molecule is CC(O)CC(C)O.CC(O)CC(C)O.CC(O)CC(C)O.CC(O)CC(C)O.CC(O)CC(C)O.Cc1cc(C2=[C-]CCCC2)nc2ccccc12.Cc1cc(C2=[C-]CCCC2)nc2ccccc12.Cc1cc2ccccc2nc1C1=[C-]C(C)CCC1.Cc1cc2ccccc2nc1C1=[C-]CCCC1.Cc1cccc2nc(C3=[C-]CCCC3)ccc12.[Ir].[Ir].[Ir].[Ir].[Ir]. The van der Waals surface area contributed by atoms with E-state index in [4.69, 9.17) is 76.0 Å². The van der Waals surface area contributed by atoms with Crippen LogP contribution >= 0.6 is 0 Å². The first-order chi connectivity index (χ1) is 57.7. The van der Waals surface area contributed by atoms with Crippen molar-refractivity contribution in [3.05, 3.63) is 238 Å². The van der Waals surface area contributed by atoms with Crippen molar-refractivity contribution in [2.45, 2.75) is 326 Å². The van der Waals surface area contributed by atoms with Crippen LogP contribution in [0, 0.1) is 70.9 Å². The Kier molecular flexibility index (Phi) is 60.8. The summed E-state index contributed by atoms with van der Waals surface area (Å²) in [6, 6.07) is 52.9. The molecule has 10 N–H and O–H groups in total. The Hall–Kier alpha value is -5.30. The number of nitrogens with zero attached hydrogens (tertiary/aromatic N) is 5. The van der Waals surface area contributed by atoms with Crippen molar-refractivity contribution in [2.75, 3.05) is 0 Å². The zero-order chi connectivity index (χ0) is 88.5. The van der Waals surface area contributed by atoms with Gasteiger partial charge in [-0.1, -0.05) is 260 Å². The molecule has 5 heterocycles. The van der Waals surface area contributed by atoms with Crippen LogP contribution in [0.4, 0.5) is 0 Å². The van der Waals surface area contributed by atoms with Crippen molar-refractivity contribution < 1.29 is 152 Å². The molecule has 0 fully saturated rings. The summed E-state index contributed by atoms with van der Waals surface area (Å²) >= 11 is 0. The molecule has 0 saturated heterocycles. The number of benzene rings is 5. The summed E-state index contributed by atoms with van der Waals surface area (Å²) in [5.74, 6) is 0.571. The molecule has 5 aliphatic rings. The summed E-state index contributed by atoms with van der Waals surface area (Å²) in [6.45, 7) is 29.6. The molecule has 0 amide bonds. The van der Waals surface area contributed by atoms with E-state index in [9.17, 15) is 0 Å². The van der Waals surface area contributed by atoms with Crippen LogP contribution in [0.2, 0.25) is 0 Å². The first kappa shape index (κ1) is 119. The molecule has 15 rings (SSSR count). The van der Waals surface area contributed by atoms with Gasteiger partial charge in [0.1, 0.15) is 0 Å². The van der Waals surface area contributed by atoms with Crippen LogP contribution in [-0.4, -0.2) is 137 Å². The van der Waals surface area contributed by atoms with Gasteiger partial charge in [-0.15, -0.1) is 60.9 Å². The molecule has 0 saturated carbocycles. The second-order valence-electron chi connectivity index (χ2n) is 33.7. The molecule has 0 bridgehead atoms. The number of aliphatic hydroxyl groups is 10. The van der Waals surface area contributed by atoms with E-state index < -0.39 is 0 Å². The average molecular weight is 2610 g/mol. The zero-order valence-corrected chi connectivity index (χ0v) is 89.1. The minimum absolute atomic E-state index is 0. The molecule has 5 radical (unpaired) electrons. The summed E-state index contributed by atoms with van der Waals surface area (Å²) in [6.07, 6.45) is 38.8. The number of allylic oxidation sites excluding steroid dienone is 10. The third-order valence-electron chi connectivity index (χ3n) is 20.8. The largest absolute Gasteiger partial charge is 0.393 e. The fourth-order valence-electron chi connectivity index (χ4n) is 15.1. The summed E-state index contributed by atoms with van der Waals surface area (Å²) < 4.78 is 0. The second kappa shape index (κ2) is 64.5. The van der Waals surface area contributed by atoms with Gasteiger partial charge < -0.3 is 76.0 Å². The van der Waals surface area contributed by atoms with Crippen LogP contribution in [0.25, 0.3) is 82.4 Å². The quantitative estimate of drug-likeness (QED) is 0.0428. The van der Waals surface area contributed by atoms with Crippen molar-refractivity contribution in [3.8, 4) is 0 Å². The first-order valence-corrected chi connectivity index (χ1v) is 44.4. The maximum atomic E-state index is 8.56. The number of aromatic nitrogens is 5. The number of para-hydroxylation sites is 4. The minimum Gasteiger partial charge on any atom is -0.393 e. The van der Waals surface area contributed by atoms with Gasteiger partial charge in [0.15, 0.2) is 0 Å². The molecule has 0 spiro atoms. The molecule has 10 aromatic rings. The molecule has 5 aliphatic carbocycles. The average Bonchev–Trinajstić information content (AvgIpc) is 0.838. The van der Waals surface area contributed by atoms with Gasteiger partial charge in [-0.2, -0.15) is 27.9 Å². The first-order valence-electron chi connectivity index (χ1n) is 44.4. The molecular weight excluding hydrogens is 2460 g/mol. The molecule has 701 valence electrons.